The van der Waals surface area contributed by atoms with Crippen LogP contribution < -0.4 is 5.32 Å². The first-order valence-corrected chi connectivity index (χ1v) is 11.8. The number of alkyl halides is 3. The third kappa shape index (κ3) is 4.05. The second-order valence-corrected chi connectivity index (χ2v) is 10.1. The van der Waals surface area contributed by atoms with Crippen LogP contribution in [0.5, 0.6) is 0 Å². The zero-order valence-corrected chi connectivity index (χ0v) is 18.5. The highest BCUT2D eigenvalue weighted by Gasteiger charge is 2.45. The van der Waals surface area contributed by atoms with Crippen LogP contribution in [0, 0.1) is 11.3 Å². The molecule has 13 heteroatoms. The van der Waals surface area contributed by atoms with Gasteiger partial charge in [0.25, 0.3) is 0 Å². The van der Waals surface area contributed by atoms with Crippen molar-refractivity contribution < 1.29 is 31.5 Å². The highest BCUT2D eigenvalue weighted by atomic mass is 32.2. The molecule has 3 heterocycles. The van der Waals surface area contributed by atoms with Crippen molar-refractivity contribution in [2.45, 2.75) is 42.8 Å². The van der Waals surface area contributed by atoms with Gasteiger partial charge in [-0.05, 0) is 30.5 Å². The van der Waals surface area contributed by atoms with Crippen molar-refractivity contribution in [3.8, 4) is 6.07 Å². The lowest BCUT2D eigenvalue weighted by Gasteiger charge is -2.11. The molecule has 3 aromatic heterocycles. The highest BCUT2D eigenvalue weighted by molar-refractivity contribution is 7.91. The summed E-state index contributed by atoms with van der Waals surface area (Å²) in [4.78, 5) is 15.0. The van der Waals surface area contributed by atoms with Gasteiger partial charge in [0.1, 0.15) is 4.90 Å². The first-order chi connectivity index (χ1) is 15.9. The third-order valence-corrected chi connectivity index (χ3v) is 7.53. The number of carbonyl (C=O) groups is 1. The standard InChI is InChI=1S/C21H18F3N5O4S/c1-2-34(32,33)17-16-4-3-12(20(11-25)5-6-20)10-29(16)28-18(17)27-9-15-14(19(30)31)7-13(8-26-15)21(22,23)24/h3-4,7-8,10H,2,5-6,9H2,1H3,(H,27,28)(H,30,31). The van der Waals surface area contributed by atoms with Crippen LogP contribution in [0.2, 0.25) is 0 Å². The molecule has 0 saturated heterocycles. The van der Waals surface area contributed by atoms with E-state index in [1.54, 1.807) is 18.3 Å². The quantitative estimate of drug-likeness (QED) is 0.511. The Morgan fingerprint density at radius 1 is 1.35 bits per heavy atom. The van der Waals surface area contributed by atoms with Crippen LogP contribution in [0.3, 0.4) is 0 Å². The van der Waals surface area contributed by atoms with E-state index in [4.69, 9.17) is 0 Å². The number of carboxylic acid groups (broad SMARTS) is 1. The maximum absolute atomic E-state index is 13.0. The number of carboxylic acids is 1. The minimum absolute atomic E-state index is 0.0983. The number of sulfone groups is 1. The Labute approximate surface area is 191 Å². The fourth-order valence-electron chi connectivity index (χ4n) is 3.61. The van der Waals surface area contributed by atoms with Gasteiger partial charge in [-0.1, -0.05) is 13.0 Å². The largest absolute Gasteiger partial charge is 0.478 e. The number of nitrogens with one attached hydrogen (secondary N) is 1. The molecule has 0 amide bonds. The molecule has 3 aromatic rings. The molecule has 178 valence electrons. The summed E-state index contributed by atoms with van der Waals surface area (Å²) in [5, 5.41) is 25.8. The number of hydrogen-bond acceptors (Lipinski definition) is 7. The van der Waals surface area contributed by atoms with E-state index in [9.17, 15) is 36.8 Å². The molecule has 0 spiro atoms. The van der Waals surface area contributed by atoms with Gasteiger partial charge in [-0.2, -0.15) is 18.4 Å². The molecule has 0 atom stereocenters. The molecule has 0 bridgehead atoms. The summed E-state index contributed by atoms with van der Waals surface area (Å²) in [6.45, 7) is 1.07. The zero-order valence-electron chi connectivity index (χ0n) is 17.7. The average molecular weight is 493 g/mol. The number of aromatic carboxylic acids is 1. The SMILES string of the molecule is CCS(=O)(=O)c1c(NCc2ncc(C(F)(F)F)cc2C(=O)O)nn2cc(C3(C#N)CC3)ccc12. The smallest absolute Gasteiger partial charge is 0.417 e. The van der Waals surface area contributed by atoms with Crippen LogP contribution in [0.1, 0.15) is 46.9 Å². The summed E-state index contributed by atoms with van der Waals surface area (Å²) in [6.07, 6.45) is -1.32. The van der Waals surface area contributed by atoms with Gasteiger partial charge in [0.15, 0.2) is 15.7 Å². The molecule has 1 fully saturated rings. The third-order valence-electron chi connectivity index (χ3n) is 5.74. The summed E-state index contributed by atoms with van der Waals surface area (Å²) >= 11 is 0. The molecule has 4 rings (SSSR count). The monoisotopic (exact) mass is 493 g/mol. The van der Waals surface area contributed by atoms with Gasteiger partial charge >= 0.3 is 12.1 Å². The van der Waals surface area contributed by atoms with E-state index >= 15 is 0 Å². The second-order valence-electron chi connectivity index (χ2n) is 7.90. The fourth-order valence-corrected chi connectivity index (χ4v) is 4.78. The normalized spacial score (nSPS) is 15.1. The molecule has 0 radical (unpaired) electrons. The summed E-state index contributed by atoms with van der Waals surface area (Å²) in [7, 11) is -3.80. The molecule has 1 aliphatic carbocycles. The number of anilines is 1. The lowest BCUT2D eigenvalue weighted by Crippen LogP contribution is -2.15. The Morgan fingerprint density at radius 3 is 2.62 bits per heavy atom. The summed E-state index contributed by atoms with van der Waals surface area (Å²) in [5.74, 6) is -1.95. The van der Waals surface area contributed by atoms with E-state index in [1.807, 2.05) is 0 Å². The molecular formula is C21H18F3N5O4S. The number of pyridine rings is 2. The number of nitriles is 1. The lowest BCUT2D eigenvalue weighted by molar-refractivity contribution is -0.137. The number of nitrogens with zero attached hydrogens (tertiary/aromatic N) is 4. The van der Waals surface area contributed by atoms with E-state index in [0.29, 0.717) is 30.7 Å². The molecule has 0 aromatic carbocycles. The Kier molecular flexibility index (Phi) is 5.52. The summed E-state index contributed by atoms with van der Waals surface area (Å²) in [6, 6.07) is 5.95. The molecule has 34 heavy (non-hydrogen) atoms. The van der Waals surface area contributed by atoms with Crippen molar-refractivity contribution >= 4 is 27.1 Å². The summed E-state index contributed by atoms with van der Waals surface area (Å²) in [5.41, 5.74) is -1.79. The molecular weight excluding hydrogens is 475 g/mol. The van der Waals surface area contributed by atoms with E-state index in [1.165, 1.54) is 11.4 Å². The second kappa shape index (κ2) is 7.98. The minimum atomic E-state index is -4.77. The van der Waals surface area contributed by atoms with Crippen molar-refractivity contribution in [2.75, 3.05) is 11.1 Å². The Bertz CT molecular complexity index is 1450. The molecule has 0 unspecified atom stereocenters. The number of aromatic nitrogens is 3. The minimum Gasteiger partial charge on any atom is -0.478 e. The molecule has 1 aliphatic rings. The number of rotatable bonds is 7. The van der Waals surface area contributed by atoms with E-state index in [-0.39, 0.29) is 34.2 Å². The van der Waals surface area contributed by atoms with Gasteiger partial charge in [0.2, 0.25) is 0 Å². The Hall–Kier alpha value is -3.66. The van der Waals surface area contributed by atoms with Crippen LogP contribution in [0.4, 0.5) is 19.0 Å². The number of hydrogen-bond donors (Lipinski definition) is 2. The van der Waals surface area contributed by atoms with Crippen LogP contribution >= 0.6 is 0 Å². The highest BCUT2D eigenvalue weighted by Crippen LogP contribution is 2.47. The van der Waals surface area contributed by atoms with Crippen LogP contribution in [0.25, 0.3) is 5.52 Å². The van der Waals surface area contributed by atoms with Crippen LogP contribution in [-0.2, 0) is 28.0 Å². The van der Waals surface area contributed by atoms with Gasteiger partial charge in [-0.15, -0.1) is 5.10 Å². The van der Waals surface area contributed by atoms with Crippen LogP contribution in [-0.4, -0.2) is 39.8 Å². The van der Waals surface area contributed by atoms with E-state index < -0.39 is 38.5 Å². The predicted molar refractivity (Wildman–Crippen MR) is 113 cm³/mol. The Balaban J connectivity index is 1.75. The van der Waals surface area contributed by atoms with Crippen molar-refractivity contribution in [3.63, 3.8) is 0 Å². The maximum atomic E-state index is 13.0. The molecule has 1 saturated carbocycles. The van der Waals surface area contributed by atoms with Gasteiger partial charge in [0.05, 0.1) is 46.1 Å². The van der Waals surface area contributed by atoms with Crippen LogP contribution in [0.15, 0.2) is 35.5 Å². The Morgan fingerprint density at radius 2 is 2.06 bits per heavy atom. The lowest BCUT2D eigenvalue weighted by atomic mass is 10.00. The molecule has 2 N–H and O–H groups in total. The maximum Gasteiger partial charge on any atom is 0.417 e. The van der Waals surface area contributed by atoms with E-state index in [2.05, 4.69) is 21.5 Å². The van der Waals surface area contributed by atoms with Crippen molar-refractivity contribution in [1.82, 2.24) is 14.6 Å². The predicted octanol–water partition coefficient (Wildman–Crippen LogP) is 3.41. The summed E-state index contributed by atoms with van der Waals surface area (Å²) < 4.78 is 65.8. The topological polar surface area (TPSA) is 137 Å². The first kappa shape index (κ1) is 23.5. The number of fused-ring (bicyclic) bond motifs is 1. The average Bonchev–Trinajstić information content (AvgIpc) is 3.50. The van der Waals surface area contributed by atoms with Gasteiger partial charge in [-0.25, -0.2) is 17.7 Å². The van der Waals surface area contributed by atoms with Crippen molar-refractivity contribution in [2.24, 2.45) is 0 Å². The van der Waals surface area contributed by atoms with Gasteiger partial charge < -0.3 is 10.4 Å². The van der Waals surface area contributed by atoms with Gasteiger partial charge in [-0.3, -0.25) is 4.98 Å². The first-order valence-electron chi connectivity index (χ1n) is 10.1. The fraction of sp³-hybridized carbons (Fsp3) is 0.333. The molecule has 0 aliphatic heterocycles. The number of halogens is 3. The van der Waals surface area contributed by atoms with Crippen molar-refractivity contribution in [3.05, 3.63) is 53.0 Å². The molecule has 9 nitrogen and oxygen atoms in total. The van der Waals surface area contributed by atoms with E-state index in [0.717, 1.165) is 0 Å². The van der Waals surface area contributed by atoms with Crippen molar-refractivity contribution in [1.29, 1.82) is 5.26 Å². The zero-order chi connectivity index (χ0) is 24.9. The van der Waals surface area contributed by atoms with Gasteiger partial charge in [0, 0.05) is 12.4 Å².